The van der Waals surface area contributed by atoms with E-state index in [1.807, 2.05) is 4.90 Å². The van der Waals surface area contributed by atoms with E-state index >= 15 is 0 Å². The first-order valence-corrected chi connectivity index (χ1v) is 8.49. The lowest BCUT2D eigenvalue weighted by Gasteiger charge is -2.35. The number of nitrogens with zero attached hydrogens (tertiary/aromatic N) is 5. The molecule has 0 saturated carbocycles. The van der Waals surface area contributed by atoms with Crippen LogP contribution < -0.4 is 0 Å². The smallest absolute Gasteiger partial charge is 0.293 e. The number of piperazine rings is 1. The van der Waals surface area contributed by atoms with Gasteiger partial charge in [-0.1, -0.05) is 6.92 Å². The second-order valence-electron chi connectivity index (χ2n) is 5.13. The topological polar surface area (TPSA) is 61.7 Å². The van der Waals surface area contributed by atoms with Crippen LogP contribution >= 0.6 is 0 Å². The van der Waals surface area contributed by atoms with Crippen LogP contribution in [0.25, 0.3) is 0 Å². The van der Waals surface area contributed by atoms with E-state index in [0.717, 1.165) is 4.57 Å². The first kappa shape index (κ1) is 17.3. The van der Waals surface area contributed by atoms with Gasteiger partial charge in [-0.05, 0) is 0 Å². The number of hydrogen-bond donors (Lipinski definition) is 0. The Bertz CT molecular complexity index is 584. The number of halogens is 2. The summed E-state index contributed by atoms with van der Waals surface area (Å²) in [7, 11) is -1.88. The van der Waals surface area contributed by atoms with Crippen LogP contribution in [0.15, 0.2) is 12.4 Å². The quantitative estimate of drug-likeness (QED) is 0.762. The van der Waals surface area contributed by atoms with Gasteiger partial charge < -0.3 is 0 Å². The van der Waals surface area contributed by atoms with Crippen LogP contribution in [0, 0.1) is 0 Å². The van der Waals surface area contributed by atoms with Crippen molar-refractivity contribution in [2.75, 3.05) is 39.8 Å². The van der Waals surface area contributed by atoms with Gasteiger partial charge in [0.2, 0.25) is 0 Å². The Morgan fingerprint density at radius 1 is 1.32 bits per heavy atom. The molecule has 0 radical (unpaired) electrons. The lowest BCUT2D eigenvalue weighted by atomic mass is 10.3. The van der Waals surface area contributed by atoms with E-state index in [9.17, 15) is 17.2 Å². The Labute approximate surface area is 129 Å². The Kier molecular flexibility index (Phi) is 5.48. The fourth-order valence-electron chi connectivity index (χ4n) is 2.32. The average molecular weight is 337 g/mol. The number of aromatic nitrogens is 2. The minimum Gasteiger partial charge on any atom is -0.293 e. The average Bonchev–Trinajstić information content (AvgIpc) is 2.95. The zero-order valence-electron chi connectivity index (χ0n) is 12.7. The van der Waals surface area contributed by atoms with E-state index in [0.29, 0.717) is 32.7 Å². The van der Waals surface area contributed by atoms with E-state index < -0.39 is 16.8 Å². The molecule has 2 rings (SSSR count). The van der Waals surface area contributed by atoms with Crippen molar-refractivity contribution in [2.45, 2.75) is 20.0 Å². The third kappa shape index (κ3) is 3.62. The Hall–Kier alpha value is -1.10. The maximum Gasteiger partial charge on any atom is 0.319 e. The van der Waals surface area contributed by atoms with E-state index in [1.54, 1.807) is 14.0 Å². The zero-order valence-corrected chi connectivity index (χ0v) is 13.5. The molecule has 1 saturated heterocycles. The summed E-state index contributed by atoms with van der Waals surface area (Å²) in [6, 6.07) is 0. The molecule has 0 aromatic carbocycles. The molecule has 0 amide bonds. The summed E-state index contributed by atoms with van der Waals surface area (Å²) in [5, 5.41) is 0. The number of rotatable bonds is 6. The van der Waals surface area contributed by atoms with E-state index in [1.165, 1.54) is 21.0 Å². The SMILES string of the molecule is CCN(C)S(=O)(=O)N1CCN(Cc2nccn2C(F)F)CC1. The van der Waals surface area contributed by atoms with Crippen molar-refractivity contribution in [1.82, 2.24) is 23.1 Å². The van der Waals surface area contributed by atoms with Crippen LogP contribution in [-0.2, 0) is 16.8 Å². The minimum atomic E-state index is -3.42. The highest BCUT2D eigenvalue weighted by molar-refractivity contribution is 7.86. The van der Waals surface area contributed by atoms with Gasteiger partial charge in [0.05, 0.1) is 6.54 Å². The fourth-order valence-corrected chi connectivity index (χ4v) is 3.67. The first-order valence-electron chi connectivity index (χ1n) is 7.10. The molecule has 0 unspecified atom stereocenters. The third-order valence-corrected chi connectivity index (χ3v) is 5.88. The molecule has 2 heterocycles. The van der Waals surface area contributed by atoms with Crippen molar-refractivity contribution in [2.24, 2.45) is 0 Å². The summed E-state index contributed by atoms with van der Waals surface area (Å²) < 4.78 is 53.5. The lowest BCUT2D eigenvalue weighted by Crippen LogP contribution is -2.52. The van der Waals surface area contributed by atoms with Gasteiger partial charge in [0.25, 0.3) is 10.2 Å². The van der Waals surface area contributed by atoms with Crippen molar-refractivity contribution < 1.29 is 17.2 Å². The van der Waals surface area contributed by atoms with Crippen molar-refractivity contribution in [3.63, 3.8) is 0 Å². The molecule has 10 heteroatoms. The van der Waals surface area contributed by atoms with Crippen LogP contribution in [0.4, 0.5) is 8.78 Å². The highest BCUT2D eigenvalue weighted by Gasteiger charge is 2.30. The Balaban J connectivity index is 1.94. The van der Waals surface area contributed by atoms with Crippen LogP contribution in [0.5, 0.6) is 0 Å². The molecule has 126 valence electrons. The molecule has 22 heavy (non-hydrogen) atoms. The molecule has 1 aliphatic heterocycles. The minimum absolute atomic E-state index is 0.287. The molecule has 1 fully saturated rings. The van der Waals surface area contributed by atoms with E-state index in [4.69, 9.17) is 0 Å². The van der Waals surface area contributed by atoms with Gasteiger partial charge in [0.15, 0.2) is 0 Å². The first-order chi connectivity index (χ1) is 10.4. The van der Waals surface area contributed by atoms with Gasteiger partial charge in [0, 0.05) is 52.2 Å². The van der Waals surface area contributed by atoms with Gasteiger partial charge in [0.1, 0.15) is 5.82 Å². The zero-order chi connectivity index (χ0) is 16.3. The van der Waals surface area contributed by atoms with Crippen LogP contribution in [0.1, 0.15) is 19.3 Å². The highest BCUT2D eigenvalue weighted by Crippen LogP contribution is 2.16. The van der Waals surface area contributed by atoms with Gasteiger partial charge >= 0.3 is 6.55 Å². The molecule has 1 aromatic heterocycles. The summed E-state index contributed by atoms with van der Waals surface area (Å²) in [5.41, 5.74) is 0. The standard InChI is InChI=1S/C12H21F2N5O2S/c1-3-16(2)22(20,21)18-8-6-17(7-9-18)10-11-15-4-5-19(11)12(13)14/h4-5,12H,3,6-10H2,1-2H3. The van der Waals surface area contributed by atoms with Crippen molar-refractivity contribution in [3.05, 3.63) is 18.2 Å². The van der Waals surface area contributed by atoms with E-state index in [2.05, 4.69) is 4.98 Å². The van der Waals surface area contributed by atoms with Crippen LogP contribution in [0.3, 0.4) is 0 Å². The molecule has 0 spiro atoms. The maximum absolute atomic E-state index is 12.8. The highest BCUT2D eigenvalue weighted by atomic mass is 32.2. The summed E-state index contributed by atoms with van der Waals surface area (Å²) in [5.74, 6) is 0.289. The van der Waals surface area contributed by atoms with Crippen molar-refractivity contribution in [3.8, 4) is 0 Å². The molecule has 1 aliphatic rings. The molecule has 0 N–H and O–H groups in total. The van der Waals surface area contributed by atoms with Gasteiger partial charge in [-0.15, -0.1) is 0 Å². The van der Waals surface area contributed by atoms with Crippen LogP contribution in [-0.4, -0.2) is 71.3 Å². The molecule has 0 atom stereocenters. The molecule has 0 bridgehead atoms. The monoisotopic (exact) mass is 337 g/mol. The molecule has 7 nitrogen and oxygen atoms in total. The second-order valence-corrected chi connectivity index (χ2v) is 7.16. The van der Waals surface area contributed by atoms with Gasteiger partial charge in [-0.25, -0.2) is 4.98 Å². The Morgan fingerprint density at radius 3 is 2.50 bits per heavy atom. The normalized spacial score (nSPS) is 18.5. The number of imidazole rings is 1. The van der Waals surface area contributed by atoms with E-state index in [-0.39, 0.29) is 12.4 Å². The number of hydrogen-bond acceptors (Lipinski definition) is 4. The largest absolute Gasteiger partial charge is 0.319 e. The van der Waals surface area contributed by atoms with Gasteiger partial charge in [-0.2, -0.15) is 25.8 Å². The van der Waals surface area contributed by atoms with Crippen molar-refractivity contribution >= 4 is 10.2 Å². The van der Waals surface area contributed by atoms with Crippen molar-refractivity contribution in [1.29, 1.82) is 0 Å². The summed E-state index contributed by atoms with van der Waals surface area (Å²) in [4.78, 5) is 5.87. The Morgan fingerprint density at radius 2 is 1.95 bits per heavy atom. The molecule has 1 aromatic rings. The summed E-state index contributed by atoms with van der Waals surface area (Å²) >= 11 is 0. The fraction of sp³-hybridized carbons (Fsp3) is 0.750. The lowest BCUT2D eigenvalue weighted by molar-refractivity contribution is 0.0625. The predicted octanol–water partition coefficient (Wildman–Crippen LogP) is 0.592. The maximum atomic E-state index is 12.8. The summed E-state index contributed by atoms with van der Waals surface area (Å²) in [6.45, 7) is 1.54. The summed E-state index contributed by atoms with van der Waals surface area (Å²) in [6.07, 6.45) is 2.59. The molecule has 0 aliphatic carbocycles. The third-order valence-electron chi connectivity index (χ3n) is 3.82. The van der Waals surface area contributed by atoms with Gasteiger partial charge in [-0.3, -0.25) is 9.47 Å². The van der Waals surface area contributed by atoms with Crippen LogP contribution in [0.2, 0.25) is 0 Å². The molecular formula is C12H21F2N5O2S. The molecular weight excluding hydrogens is 316 g/mol. The predicted molar refractivity (Wildman–Crippen MR) is 77.6 cm³/mol. The second kappa shape index (κ2) is 6.99. The number of alkyl halides is 2.